The molecule has 0 unspecified atom stereocenters. The molecule has 202 valence electrons. The van der Waals surface area contributed by atoms with Crippen LogP contribution in [-0.2, 0) is 0 Å². The second-order valence-corrected chi connectivity index (χ2v) is 13.1. The van der Waals surface area contributed by atoms with Gasteiger partial charge in [0.1, 0.15) is 0 Å². The van der Waals surface area contributed by atoms with Gasteiger partial charge in [-0.25, -0.2) is 0 Å². The maximum Gasteiger partial charge on any atom is 0.0540 e. The Hall–Kier alpha value is -4.96. The first-order valence-corrected chi connectivity index (χ1v) is 16.1. The molecule has 3 heteroatoms. The molecule has 0 spiro atoms. The van der Waals surface area contributed by atoms with E-state index in [2.05, 4.69) is 157 Å². The molecule has 0 aliphatic carbocycles. The lowest BCUT2D eigenvalue weighted by Gasteiger charge is -2.27. The molecule has 43 heavy (non-hydrogen) atoms. The molecule has 0 amide bonds. The van der Waals surface area contributed by atoms with Crippen molar-refractivity contribution in [3.05, 3.63) is 152 Å². The molecule has 0 fully saturated rings. The molecule has 0 aliphatic rings. The van der Waals surface area contributed by atoms with E-state index in [0.29, 0.717) is 0 Å². The number of fused-ring (bicyclic) bond motifs is 7. The predicted molar refractivity (Wildman–Crippen MR) is 190 cm³/mol. The summed E-state index contributed by atoms with van der Waals surface area (Å²) in [6.45, 7) is 0. The molecule has 0 saturated heterocycles. The van der Waals surface area contributed by atoms with Gasteiger partial charge in [-0.05, 0) is 71.1 Å². The Kier molecular flexibility index (Phi) is 5.62. The normalized spacial score (nSPS) is 11.7. The van der Waals surface area contributed by atoms with Gasteiger partial charge in [-0.3, -0.25) is 0 Å². The van der Waals surface area contributed by atoms with Crippen molar-refractivity contribution in [2.45, 2.75) is 0 Å². The van der Waals surface area contributed by atoms with Gasteiger partial charge in [0.05, 0.1) is 5.69 Å². The Bertz CT molecular complexity index is 2450. The number of benzene rings is 7. The fourth-order valence-corrected chi connectivity index (χ4v) is 8.81. The minimum atomic E-state index is 1.14. The summed E-state index contributed by atoms with van der Waals surface area (Å²) < 4.78 is 5.33. The summed E-state index contributed by atoms with van der Waals surface area (Å²) in [5.74, 6) is 0. The number of para-hydroxylation sites is 1. The van der Waals surface area contributed by atoms with Crippen LogP contribution >= 0.6 is 22.7 Å². The molecular weight excluding hydrogens is 559 g/mol. The Morgan fingerprint density at radius 3 is 1.86 bits per heavy atom. The highest BCUT2D eigenvalue weighted by atomic mass is 32.1. The van der Waals surface area contributed by atoms with Crippen molar-refractivity contribution >= 4 is 90.9 Å². The lowest BCUT2D eigenvalue weighted by Crippen LogP contribution is -2.10. The fourth-order valence-electron chi connectivity index (χ4n) is 6.44. The highest BCUT2D eigenvalue weighted by molar-refractivity contribution is 7.26. The molecule has 0 saturated carbocycles. The van der Waals surface area contributed by atoms with Crippen molar-refractivity contribution < 1.29 is 0 Å². The SMILES string of the molecule is c1ccc(N(c2ccc(-c3cccc4c3sc3ccccc34)cc2)c2cccc3cc4c(cc23)sc2ccccc24)cc1. The third-order valence-electron chi connectivity index (χ3n) is 8.45. The first-order chi connectivity index (χ1) is 21.3. The number of anilines is 3. The van der Waals surface area contributed by atoms with Crippen LogP contribution in [0.5, 0.6) is 0 Å². The lowest BCUT2D eigenvalue weighted by atomic mass is 10.0. The van der Waals surface area contributed by atoms with Gasteiger partial charge in [-0.2, -0.15) is 0 Å². The number of nitrogens with zero attached hydrogens (tertiary/aromatic N) is 1. The van der Waals surface area contributed by atoms with Crippen LogP contribution in [0, 0.1) is 0 Å². The van der Waals surface area contributed by atoms with E-state index in [1.54, 1.807) is 0 Å². The van der Waals surface area contributed by atoms with Gasteiger partial charge in [0, 0.05) is 57.1 Å². The van der Waals surface area contributed by atoms with E-state index in [9.17, 15) is 0 Å². The number of hydrogen-bond acceptors (Lipinski definition) is 3. The molecule has 7 aromatic carbocycles. The first-order valence-electron chi connectivity index (χ1n) is 14.5. The smallest absolute Gasteiger partial charge is 0.0540 e. The van der Waals surface area contributed by atoms with Crippen molar-refractivity contribution in [1.82, 2.24) is 0 Å². The average Bonchev–Trinajstić information content (AvgIpc) is 3.63. The summed E-state index contributed by atoms with van der Waals surface area (Å²) in [4.78, 5) is 2.39. The monoisotopic (exact) mass is 583 g/mol. The molecule has 9 aromatic rings. The maximum atomic E-state index is 2.39. The maximum absolute atomic E-state index is 2.39. The average molecular weight is 584 g/mol. The summed E-state index contributed by atoms with van der Waals surface area (Å²) in [7, 11) is 0. The largest absolute Gasteiger partial charge is 0.310 e. The Morgan fingerprint density at radius 2 is 1.05 bits per heavy atom. The first kappa shape index (κ1) is 24.6. The van der Waals surface area contributed by atoms with Crippen LogP contribution in [0.4, 0.5) is 17.1 Å². The van der Waals surface area contributed by atoms with Crippen molar-refractivity contribution in [2.75, 3.05) is 4.90 Å². The molecule has 0 aliphatic heterocycles. The zero-order chi connectivity index (χ0) is 28.3. The minimum absolute atomic E-state index is 1.14. The summed E-state index contributed by atoms with van der Waals surface area (Å²) >= 11 is 3.75. The van der Waals surface area contributed by atoms with Gasteiger partial charge in [0.25, 0.3) is 0 Å². The molecule has 2 aromatic heterocycles. The van der Waals surface area contributed by atoms with E-state index < -0.39 is 0 Å². The van der Waals surface area contributed by atoms with Gasteiger partial charge in [0.2, 0.25) is 0 Å². The van der Waals surface area contributed by atoms with Gasteiger partial charge in [-0.1, -0.05) is 97.1 Å². The highest BCUT2D eigenvalue weighted by Gasteiger charge is 2.17. The van der Waals surface area contributed by atoms with Crippen LogP contribution in [0.2, 0.25) is 0 Å². The quantitative estimate of drug-likeness (QED) is 0.199. The van der Waals surface area contributed by atoms with Gasteiger partial charge < -0.3 is 4.90 Å². The van der Waals surface area contributed by atoms with Gasteiger partial charge >= 0.3 is 0 Å². The summed E-state index contributed by atoms with van der Waals surface area (Å²) in [6, 6.07) is 55.4. The zero-order valence-electron chi connectivity index (χ0n) is 23.2. The fraction of sp³-hybridized carbons (Fsp3) is 0. The third kappa shape index (κ3) is 3.97. The van der Waals surface area contributed by atoms with E-state index >= 15 is 0 Å². The van der Waals surface area contributed by atoms with Crippen molar-refractivity contribution in [1.29, 1.82) is 0 Å². The highest BCUT2D eigenvalue weighted by Crippen LogP contribution is 2.44. The van der Waals surface area contributed by atoms with Gasteiger partial charge in [-0.15, -0.1) is 22.7 Å². The van der Waals surface area contributed by atoms with Crippen molar-refractivity contribution in [3.8, 4) is 11.1 Å². The summed E-state index contributed by atoms with van der Waals surface area (Å²) in [6.07, 6.45) is 0. The van der Waals surface area contributed by atoms with E-state index in [4.69, 9.17) is 0 Å². The predicted octanol–water partition coefficient (Wildman–Crippen LogP) is 12.7. The zero-order valence-corrected chi connectivity index (χ0v) is 24.8. The molecule has 1 nitrogen and oxygen atoms in total. The number of rotatable bonds is 4. The molecule has 0 bridgehead atoms. The van der Waals surface area contributed by atoms with E-state index in [0.717, 1.165) is 11.4 Å². The Morgan fingerprint density at radius 1 is 0.395 bits per heavy atom. The second kappa shape index (κ2) is 9.81. The van der Waals surface area contributed by atoms with Crippen LogP contribution in [0.1, 0.15) is 0 Å². The summed E-state index contributed by atoms with van der Waals surface area (Å²) in [5, 5.41) is 7.83. The standard InChI is InChI=1S/C40H25NS2/c1-2-11-28(12-3-1)41(36-17-8-10-27-24-35-32-14-5-6-18-37(32)42-39(35)25-34(27)36)29-22-20-26(21-23-29)30-15-9-16-33-31-13-4-7-19-38(31)43-40(30)33/h1-25H. The Balaban J connectivity index is 1.21. The molecule has 0 atom stereocenters. The molecule has 0 N–H and O–H groups in total. The Labute approximate surface area is 257 Å². The van der Waals surface area contributed by atoms with Crippen LogP contribution in [-0.4, -0.2) is 0 Å². The topological polar surface area (TPSA) is 3.24 Å². The van der Waals surface area contributed by atoms with Crippen LogP contribution in [0.15, 0.2) is 152 Å². The minimum Gasteiger partial charge on any atom is -0.310 e. The van der Waals surface area contributed by atoms with Crippen molar-refractivity contribution in [2.24, 2.45) is 0 Å². The van der Waals surface area contributed by atoms with Crippen LogP contribution < -0.4 is 4.90 Å². The molecular formula is C40H25NS2. The van der Waals surface area contributed by atoms with E-state index in [1.165, 1.54) is 67.9 Å². The summed E-state index contributed by atoms with van der Waals surface area (Å²) in [5.41, 5.74) is 5.99. The second-order valence-electron chi connectivity index (χ2n) is 10.9. The van der Waals surface area contributed by atoms with Crippen LogP contribution in [0.3, 0.4) is 0 Å². The lowest BCUT2D eigenvalue weighted by molar-refractivity contribution is 1.30. The molecule has 0 radical (unpaired) electrons. The molecule has 2 heterocycles. The number of thiophene rings is 2. The van der Waals surface area contributed by atoms with E-state index in [1.807, 2.05) is 22.7 Å². The van der Waals surface area contributed by atoms with Crippen molar-refractivity contribution in [3.63, 3.8) is 0 Å². The van der Waals surface area contributed by atoms with Gasteiger partial charge in [0.15, 0.2) is 0 Å². The van der Waals surface area contributed by atoms with E-state index in [-0.39, 0.29) is 0 Å². The van der Waals surface area contributed by atoms with Crippen LogP contribution in [0.25, 0.3) is 62.2 Å². The third-order valence-corrected chi connectivity index (χ3v) is 10.8. The number of hydrogen-bond donors (Lipinski definition) is 0. The molecule has 9 rings (SSSR count).